The maximum atomic E-state index is 14.0. The van der Waals surface area contributed by atoms with E-state index >= 15 is 0 Å². The van der Waals surface area contributed by atoms with Crippen molar-refractivity contribution in [2.24, 2.45) is 0 Å². The van der Waals surface area contributed by atoms with Crippen LogP contribution in [0, 0.1) is 0 Å². The molecule has 164 valence electrons. The summed E-state index contributed by atoms with van der Waals surface area (Å²) >= 11 is 12.4. The third-order valence-electron chi connectivity index (χ3n) is 5.21. The number of carbonyl (C=O) groups excluding carboxylic acids is 1. The second kappa shape index (κ2) is 7.84. The van der Waals surface area contributed by atoms with Gasteiger partial charge in [-0.3, -0.25) is 15.0 Å². The van der Waals surface area contributed by atoms with Crippen LogP contribution in [-0.4, -0.2) is 29.2 Å². The van der Waals surface area contributed by atoms with Gasteiger partial charge in [0.1, 0.15) is 5.56 Å². The Morgan fingerprint density at radius 1 is 1.19 bits per heavy atom. The smallest absolute Gasteiger partial charge is 0.329 e. The van der Waals surface area contributed by atoms with E-state index in [1.807, 2.05) is 0 Å². The van der Waals surface area contributed by atoms with Gasteiger partial charge in [0.15, 0.2) is 6.73 Å². The first-order valence-electron chi connectivity index (χ1n) is 9.62. The van der Waals surface area contributed by atoms with Crippen molar-refractivity contribution in [3.05, 3.63) is 69.3 Å². The van der Waals surface area contributed by atoms with E-state index in [0.29, 0.717) is 33.4 Å². The minimum absolute atomic E-state index is 0.0482. The molecule has 32 heavy (non-hydrogen) atoms. The zero-order valence-electron chi connectivity index (χ0n) is 16.3. The zero-order valence-corrected chi connectivity index (χ0v) is 17.8. The largest absolute Gasteiger partial charge is 0.455 e. The van der Waals surface area contributed by atoms with Crippen molar-refractivity contribution < 1.29 is 18.3 Å². The molecule has 7 nitrogen and oxygen atoms in total. The summed E-state index contributed by atoms with van der Waals surface area (Å²) < 4.78 is 33.6. The van der Waals surface area contributed by atoms with Crippen LogP contribution in [0.3, 0.4) is 0 Å². The minimum atomic E-state index is -3.06. The lowest BCUT2D eigenvalue weighted by atomic mass is 9.98. The SMILES string of the molecule is O=C1c2cnc(Nc3ccc4c(c3)CCNC4(F)F)nc2OCN1c1c(Cl)cccc1Cl. The number of nitrogens with zero attached hydrogens (tertiary/aromatic N) is 3. The van der Waals surface area contributed by atoms with Crippen LogP contribution in [0.4, 0.5) is 26.1 Å². The third kappa shape index (κ3) is 3.62. The van der Waals surface area contributed by atoms with Crippen molar-refractivity contribution in [3.63, 3.8) is 0 Å². The van der Waals surface area contributed by atoms with Gasteiger partial charge >= 0.3 is 6.05 Å². The van der Waals surface area contributed by atoms with E-state index in [9.17, 15) is 13.6 Å². The lowest BCUT2D eigenvalue weighted by Gasteiger charge is -2.29. The Morgan fingerprint density at radius 2 is 1.97 bits per heavy atom. The molecular formula is C21H15Cl2F2N5O2. The van der Waals surface area contributed by atoms with Gasteiger partial charge in [-0.25, -0.2) is 4.98 Å². The Labute approximate surface area is 191 Å². The number of carbonyl (C=O) groups is 1. The molecule has 0 saturated carbocycles. The highest BCUT2D eigenvalue weighted by molar-refractivity contribution is 6.40. The van der Waals surface area contributed by atoms with Crippen molar-refractivity contribution >= 4 is 46.4 Å². The van der Waals surface area contributed by atoms with E-state index < -0.39 is 12.0 Å². The summed E-state index contributed by atoms with van der Waals surface area (Å²) in [5, 5.41) is 5.79. The standard InChI is InChI=1S/C21H15Cl2F2N5O2/c22-15-2-1-3-16(23)17(15)30-10-32-18-13(19(30)31)9-26-20(29-18)28-12-4-5-14-11(8-12)6-7-27-21(14,24)25/h1-5,8-9,27H,6-7,10H2,(H,26,28,29). The minimum Gasteiger partial charge on any atom is -0.455 e. The van der Waals surface area contributed by atoms with Gasteiger partial charge in [0.05, 0.1) is 15.7 Å². The maximum Gasteiger partial charge on any atom is 0.329 e. The van der Waals surface area contributed by atoms with Gasteiger partial charge in [-0.1, -0.05) is 29.3 Å². The van der Waals surface area contributed by atoms with Crippen LogP contribution >= 0.6 is 23.2 Å². The van der Waals surface area contributed by atoms with E-state index in [0.717, 1.165) is 0 Å². The number of benzene rings is 2. The number of amides is 1. The second-order valence-electron chi connectivity index (χ2n) is 7.24. The molecule has 0 saturated heterocycles. The second-order valence-corrected chi connectivity index (χ2v) is 8.05. The number of para-hydroxylation sites is 1. The highest BCUT2D eigenvalue weighted by Gasteiger charge is 2.36. The Kier molecular flexibility index (Phi) is 5.11. The third-order valence-corrected chi connectivity index (χ3v) is 5.82. The first-order valence-corrected chi connectivity index (χ1v) is 10.4. The lowest BCUT2D eigenvalue weighted by molar-refractivity contribution is -0.0467. The fraction of sp³-hybridized carbons (Fsp3) is 0.190. The quantitative estimate of drug-likeness (QED) is 0.531. The monoisotopic (exact) mass is 477 g/mol. The number of aromatic nitrogens is 2. The van der Waals surface area contributed by atoms with Crippen LogP contribution in [0.1, 0.15) is 21.5 Å². The first kappa shape index (κ1) is 20.9. The summed E-state index contributed by atoms with van der Waals surface area (Å²) in [6.45, 7) is 0.0490. The molecule has 11 heteroatoms. The number of anilines is 3. The number of halogens is 4. The summed E-state index contributed by atoms with van der Waals surface area (Å²) in [6.07, 6.45) is 1.81. The molecule has 3 aromatic rings. The Morgan fingerprint density at radius 3 is 2.75 bits per heavy atom. The van der Waals surface area contributed by atoms with E-state index in [1.165, 1.54) is 23.2 Å². The van der Waals surface area contributed by atoms with Crippen LogP contribution < -0.4 is 20.3 Å². The summed E-state index contributed by atoms with van der Waals surface area (Å²) in [4.78, 5) is 22.7. The fourth-order valence-electron chi connectivity index (χ4n) is 3.69. The average molecular weight is 478 g/mol. The van der Waals surface area contributed by atoms with Crippen LogP contribution in [-0.2, 0) is 12.5 Å². The predicted octanol–water partition coefficient (Wildman–Crippen LogP) is 4.72. The molecule has 1 aromatic heterocycles. The summed E-state index contributed by atoms with van der Waals surface area (Å²) in [5.41, 5.74) is 1.53. The van der Waals surface area contributed by atoms with E-state index in [2.05, 4.69) is 20.6 Å². The van der Waals surface area contributed by atoms with Crippen molar-refractivity contribution in [1.82, 2.24) is 15.3 Å². The molecule has 3 heterocycles. The molecule has 0 spiro atoms. The Bertz CT molecular complexity index is 1220. The van der Waals surface area contributed by atoms with Gasteiger partial charge in [-0.05, 0) is 42.3 Å². The van der Waals surface area contributed by atoms with Crippen LogP contribution in [0.25, 0.3) is 0 Å². The van der Waals surface area contributed by atoms with Gasteiger partial charge in [0.2, 0.25) is 11.8 Å². The van der Waals surface area contributed by atoms with Gasteiger partial charge in [0, 0.05) is 24.0 Å². The van der Waals surface area contributed by atoms with Gasteiger partial charge < -0.3 is 10.1 Å². The highest BCUT2D eigenvalue weighted by Crippen LogP contribution is 2.37. The normalized spacial score (nSPS) is 16.8. The molecule has 0 fully saturated rings. The number of alkyl halides is 2. The lowest BCUT2D eigenvalue weighted by Crippen LogP contribution is -2.40. The molecule has 2 N–H and O–H groups in total. The molecule has 2 aliphatic rings. The van der Waals surface area contributed by atoms with Gasteiger partial charge in [0.25, 0.3) is 5.91 Å². The molecule has 0 bridgehead atoms. The molecule has 0 atom stereocenters. The maximum absolute atomic E-state index is 14.0. The van der Waals surface area contributed by atoms with E-state index in [4.69, 9.17) is 27.9 Å². The van der Waals surface area contributed by atoms with E-state index in [1.54, 1.807) is 24.3 Å². The van der Waals surface area contributed by atoms with Crippen molar-refractivity contribution in [2.75, 3.05) is 23.5 Å². The summed E-state index contributed by atoms with van der Waals surface area (Å²) in [5.74, 6) is -0.140. The molecule has 1 amide bonds. The number of ether oxygens (including phenoxy) is 1. The highest BCUT2D eigenvalue weighted by atomic mass is 35.5. The molecule has 0 aliphatic carbocycles. The first-order chi connectivity index (χ1) is 15.3. The van der Waals surface area contributed by atoms with Crippen molar-refractivity contribution in [2.45, 2.75) is 12.5 Å². The number of rotatable bonds is 3. The summed E-state index contributed by atoms with van der Waals surface area (Å²) in [7, 11) is 0. The molecule has 2 aliphatic heterocycles. The van der Waals surface area contributed by atoms with Crippen molar-refractivity contribution in [3.8, 4) is 5.88 Å². The number of hydrogen-bond acceptors (Lipinski definition) is 6. The molecule has 5 rings (SSSR count). The van der Waals surface area contributed by atoms with Crippen molar-refractivity contribution in [1.29, 1.82) is 0 Å². The Balaban J connectivity index is 1.40. The molecule has 2 aromatic carbocycles. The predicted molar refractivity (Wildman–Crippen MR) is 116 cm³/mol. The number of fused-ring (bicyclic) bond motifs is 2. The Hall–Kier alpha value is -3.01. The fourth-order valence-corrected chi connectivity index (χ4v) is 4.29. The van der Waals surface area contributed by atoms with Gasteiger partial charge in [-0.2, -0.15) is 13.8 Å². The number of nitrogens with one attached hydrogen (secondary N) is 2. The number of hydrogen-bond donors (Lipinski definition) is 2. The molecule has 0 unspecified atom stereocenters. The van der Waals surface area contributed by atoms with Crippen LogP contribution in [0.5, 0.6) is 5.88 Å². The molecular weight excluding hydrogens is 463 g/mol. The molecule has 0 radical (unpaired) electrons. The van der Waals surface area contributed by atoms with Crippen LogP contribution in [0.15, 0.2) is 42.6 Å². The summed E-state index contributed by atoms with van der Waals surface area (Å²) in [6, 6.07) is 6.40. The zero-order chi connectivity index (χ0) is 22.5. The van der Waals surface area contributed by atoms with Gasteiger partial charge in [-0.15, -0.1) is 0 Å². The average Bonchev–Trinajstić information content (AvgIpc) is 2.75. The van der Waals surface area contributed by atoms with Crippen LogP contribution in [0.2, 0.25) is 10.0 Å². The van der Waals surface area contributed by atoms with E-state index in [-0.39, 0.29) is 36.2 Å². The topological polar surface area (TPSA) is 79.4 Å².